The van der Waals surface area contributed by atoms with Crippen LogP contribution in [0.1, 0.15) is 0 Å². The Balaban J connectivity index is 1.51. The van der Waals surface area contributed by atoms with E-state index in [9.17, 15) is 0 Å². The highest BCUT2D eigenvalue weighted by Crippen LogP contribution is 2.44. The van der Waals surface area contributed by atoms with E-state index >= 15 is 0 Å². The molecule has 4 heterocycles. The molecule has 2 aromatic carbocycles. The second kappa shape index (κ2) is 7.78. The van der Waals surface area contributed by atoms with E-state index in [0.717, 1.165) is 58.8 Å². The quantitative estimate of drug-likeness (QED) is 0.372. The largest absolute Gasteiger partial charge is 0.354 e. The molecule has 0 amide bonds. The number of nitrogens with zero attached hydrogens (tertiary/aromatic N) is 7. The highest BCUT2D eigenvalue weighted by Gasteiger charge is 2.29. The molecule has 4 aromatic rings. The predicted octanol–water partition coefficient (Wildman–Crippen LogP) is 5.79. The summed E-state index contributed by atoms with van der Waals surface area (Å²) in [5, 5.41) is 0. The van der Waals surface area contributed by atoms with Crippen molar-refractivity contribution in [1.29, 1.82) is 0 Å². The molecular weight excluding hydrogens is 422 g/mol. The van der Waals surface area contributed by atoms with Gasteiger partial charge in [-0.2, -0.15) is 0 Å². The summed E-state index contributed by atoms with van der Waals surface area (Å²) in [6, 6.07) is 22.5. The van der Waals surface area contributed by atoms with Gasteiger partial charge in [-0.3, -0.25) is 0 Å². The van der Waals surface area contributed by atoms with Crippen LogP contribution in [0.4, 0.5) is 40.1 Å². The molecule has 7 nitrogen and oxygen atoms in total. The van der Waals surface area contributed by atoms with Gasteiger partial charge in [-0.15, -0.1) is 0 Å². The van der Waals surface area contributed by atoms with Crippen molar-refractivity contribution in [3.63, 3.8) is 0 Å². The van der Waals surface area contributed by atoms with E-state index in [0.29, 0.717) is 5.69 Å². The summed E-state index contributed by atoms with van der Waals surface area (Å²) >= 11 is 0. The van der Waals surface area contributed by atoms with Crippen LogP contribution in [-0.2, 0) is 0 Å². The van der Waals surface area contributed by atoms with E-state index < -0.39 is 0 Å². The SMILES string of the molecule is [C-]#[N+]c1ccc(-c2cc(N3CN(C)c4cccnc43)cc(N3CN(C)c4cccnc43)c2)cc1. The molecule has 0 atom stereocenters. The van der Waals surface area contributed by atoms with Crippen molar-refractivity contribution in [2.45, 2.75) is 0 Å². The van der Waals surface area contributed by atoms with Gasteiger partial charge in [0.15, 0.2) is 17.3 Å². The molecule has 0 unspecified atom stereocenters. The zero-order valence-electron chi connectivity index (χ0n) is 19.1. The van der Waals surface area contributed by atoms with Crippen LogP contribution in [0, 0.1) is 6.57 Å². The molecule has 0 radical (unpaired) electrons. The summed E-state index contributed by atoms with van der Waals surface area (Å²) in [5.74, 6) is 1.90. The van der Waals surface area contributed by atoms with E-state index in [1.165, 1.54) is 0 Å². The molecule has 0 bridgehead atoms. The van der Waals surface area contributed by atoms with Crippen LogP contribution in [0.15, 0.2) is 79.1 Å². The van der Waals surface area contributed by atoms with Crippen LogP contribution < -0.4 is 19.6 Å². The number of pyridine rings is 2. The highest BCUT2D eigenvalue weighted by molar-refractivity contribution is 5.87. The maximum Gasteiger partial charge on any atom is 0.187 e. The van der Waals surface area contributed by atoms with Gasteiger partial charge in [0.2, 0.25) is 0 Å². The number of hydrogen-bond acceptors (Lipinski definition) is 6. The molecule has 0 spiro atoms. The Morgan fingerprint density at radius 1 is 0.706 bits per heavy atom. The minimum atomic E-state index is 0.638. The van der Waals surface area contributed by atoms with E-state index in [1.54, 1.807) is 0 Å². The summed E-state index contributed by atoms with van der Waals surface area (Å²) in [6.45, 7) is 8.72. The van der Waals surface area contributed by atoms with Crippen LogP contribution in [0.25, 0.3) is 16.0 Å². The maximum absolute atomic E-state index is 7.28. The van der Waals surface area contributed by atoms with Gasteiger partial charge in [-0.05, 0) is 53.6 Å². The summed E-state index contributed by atoms with van der Waals surface area (Å²) in [4.78, 5) is 21.8. The Kier molecular flexibility index (Phi) is 4.59. The normalized spacial score (nSPS) is 14.3. The molecule has 0 N–H and O–H groups in total. The number of benzene rings is 2. The second-order valence-electron chi connectivity index (χ2n) is 8.62. The first-order valence-corrected chi connectivity index (χ1v) is 11.1. The molecule has 2 aliphatic rings. The number of rotatable bonds is 3. The zero-order chi connectivity index (χ0) is 23.2. The van der Waals surface area contributed by atoms with Crippen molar-refractivity contribution in [2.75, 3.05) is 47.0 Å². The van der Waals surface area contributed by atoms with Gasteiger partial charge in [0.05, 0.1) is 31.3 Å². The molecule has 7 heteroatoms. The lowest BCUT2D eigenvalue weighted by molar-refractivity contribution is 0.933. The van der Waals surface area contributed by atoms with E-state index in [1.807, 2.05) is 48.8 Å². The van der Waals surface area contributed by atoms with Crippen molar-refractivity contribution < 1.29 is 0 Å². The first-order valence-electron chi connectivity index (χ1n) is 11.1. The van der Waals surface area contributed by atoms with Crippen molar-refractivity contribution in [1.82, 2.24) is 9.97 Å². The smallest absolute Gasteiger partial charge is 0.187 e. The second-order valence-corrected chi connectivity index (χ2v) is 8.62. The van der Waals surface area contributed by atoms with Gasteiger partial charge in [0, 0.05) is 37.9 Å². The lowest BCUT2D eigenvalue weighted by Crippen LogP contribution is -2.26. The molecule has 0 saturated heterocycles. The molecule has 34 heavy (non-hydrogen) atoms. The van der Waals surface area contributed by atoms with Crippen molar-refractivity contribution >= 4 is 40.1 Å². The van der Waals surface area contributed by atoms with Gasteiger partial charge >= 0.3 is 0 Å². The van der Waals surface area contributed by atoms with Gasteiger partial charge in [0.25, 0.3) is 0 Å². The Hall–Kier alpha value is -4.57. The lowest BCUT2D eigenvalue weighted by Gasteiger charge is -2.24. The summed E-state index contributed by atoms with van der Waals surface area (Å²) in [5.41, 5.74) is 7.16. The topological polar surface area (TPSA) is 43.1 Å². The summed E-state index contributed by atoms with van der Waals surface area (Å²) < 4.78 is 0. The molecule has 0 aliphatic carbocycles. The third kappa shape index (κ3) is 3.20. The van der Waals surface area contributed by atoms with Gasteiger partial charge < -0.3 is 19.6 Å². The first kappa shape index (κ1) is 20.1. The monoisotopic (exact) mass is 445 g/mol. The van der Waals surface area contributed by atoms with Gasteiger partial charge in [-0.1, -0.05) is 24.3 Å². The number of hydrogen-bond donors (Lipinski definition) is 0. The predicted molar refractivity (Wildman–Crippen MR) is 137 cm³/mol. The fourth-order valence-corrected chi connectivity index (χ4v) is 4.71. The first-order chi connectivity index (χ1) is 16.6. The third-order valence-electron chi connectivity index (χ3n) is 6.43. The highest BCUT2D eigenvalue weighted by atomic mass is 15.4. The number of fused-ring (bicyclic) bond motifs is 2. The fraction of sp³-hybridized carbons (Fsp3) is 0.148. The standard InChI is InChI=1S/C27H23N7/c1-28-21-10-8-19(9-11-21)20-14-22(33-17-31(2)24-6-4-12-29-26(24)33)16-23(15-20)34-18-32(3)25-7-5-13-30-27(25)34/h4-16H,17-18H2,2-3H3. The van der Waals surface area contributed by atoms with Gasteiger partial charge in [0.1, 0.15) is 0 Å². The summed E-state index contributed by atoms with van der Waals surface area (Å²) in [6.07, 6.45) is 3.68. The van der Waals surface area contributed by atoms with E-state index in [-0.39, 0.29) is 0 Å². The molecule has 6 rings (SSSR count). The minimum absolute atomic E-state index is 0.638. The van der Waals surface area contributed by atoms with Crippen LogP contribution >= 0.6 is 0 Å². The summed E-state index contributed by atoms with van der Waals surface area (Å²) in [7, 11) is 4.17. The zero-order valence-corrected chi connectivity index (χ0v) is 19.1. The molecule has 166 valence electrons. The van der Waals surface area contributed by atoms with Crippen LogP contribution in [0.5, 0.6) is 0 Å². The lowest BCUT2D eigenvalue weighted by atomic mass is 10.0. The molecule has 2 aliphatic heterocycles. The van der Waals surface area contributed by atoms with Crippen LogP contribution in [0.2, 0.25) is 0 Å². The average molecular weight is 446 g/mol. The number of anilines is 6. The molecular formula is C27H23N7. The number of aromatic nitrogens is 2. The molecule has 2 aromatic heterocycles. The molecule has 0 saturated carbocycles. The Bertz CT molecular complexity index is 1350. The fourth-order valence-electron chi connectivity index (χ4n) is 4.71. The van der Waals surface area contributed by atoms with E-state index in [4.69, 9.17) is 6.57 Å². The Morgan fingerprint density at radius 3 is 1.74 bits per heavy atom. The minimum Gasteiger partial charge on any atom is -0.354 e. The van der Waals surface area contributed by atoms with Crippen molar-refractivity contribution in [3.05, 3.63) is 90.5 Å². The Morgan fingerprint density at radius 2 is 1.24 bits per heavy atom. The van der Waals surface area contributed by atoms with Crippen LogP contribution in [0.3, 0.4) is 0 Å². The van der Waals surface area contributed by atoms with Crippen LogP contribution in [-0.4, -0.2) is 37.4 Å². The Labute approximate surface area is 198 Å². The average Bonchev–Trinajstić information content (AvgIpc) is 3.41. The third-order valence-corrected chi connectivity index (χ3v) is 6.43. The molecule has 0 fully saturated rings. The van der Waals surface area contributed by atoms with Gasteiger partial charge in [-0.25, -0.2) is 14.8 Å². The van der Waals surface area contributed by atoms with Crippen molar-refractivity contribution in [2.24, 2.45) is 0 Å². The maximum atomic E-state index is 7.28. The van der Waals surface area contributed by atoms with E-state index in [2.05, 4.69) is 78.8 Å². The van der Waals surface area contributed by atoms with Crippen molar-refractivity contribution in [3.8, 4) is 11.1 Å².